The lowest BCUT2D eigenvalue weighted by atomic mass is 10.1. The number of nitro groups is 1. The Morgan fingerprint density at radius 1 is 1.25 bits per heavy atom. The van der Waals surface area contributed by atoms with Gasteiger partial charge in [0, 0.05) is 22.6 Å². The minimum atomic E-state index is -0.414. The molecule has 2 rings (SSSR count). The minimum absolute atomic E-state index is 0.0545. The summed E-state index contributed by atoms with van der Waals surface area (Å²) in [6.45, 7) is 0.274. The van der Waals surface area contributed by atoms with Crippen LogP contribution in [0.1, 0.15) is 5.56 Å². The molecule has 2 aromatic carbocycles. The maximum absolute atomic E-state index is 11.0. The highest BCUT2D eigenvalue weighted by Gasteiger charge is 2.14. The van der Waals surface area contributed by atoms with Crippen molar-refractivity contribution in [3.63, 3.8) is 0 Å². The fourth-order valence-electron chi connectivity index (χ4n) is 1.70. The molecule has 104 valence electrons. The predicted molar refractivity (Wildman–Crippen MR) is 84.6 cm³/mol. The van der Waals surface area contributed by atoms with Gasteiger partial charge in [-0.25, -0.2) is 0 Å². The summed E-state index contributed by atoms with van der Waals surface area (Å²) < 4.78 is 0.775. The van der Waals surface area contributed by atoms with Crippen molar-refractivity contribution in [2.75, 3.05) is 5.32 Å². The van der Waals surface area contributed by atoms with Crippen LogP contribution in [-0.4, -0.2) is 4.92 Å². The molecular formula is C13H9BrCl2N2O2. The van der Waals surface area contributed by atoms with Crippen molar-refractivity contribution in [3.05, 3.63) is 66.6 Å². The van der Waals surface area contributed by atoms with Crippen molar-refractivity contribution in [1.29, 1.82) is 0 Å². The van der Waals surface area contributed by atoms with E-state index in [1.165, 1.54) is 6.07 Å². The summed E-state index contributed by atoms with van der Waals surface area (Å²) in [5.41, 5.74) is 1.24. The normalized spacial score (nSPS) is 10.3. The highest BCUT2D eigenvalue weighted by molar-refractivity contribution is 9.10. The van der Waals surface area contributed by atoms with Crippen LogP contribution in [0.15, 0.2) is 40.9 Å². The van der Waals surface area contributed by atoms with E-state index in [1.54, 1.807) is 30.3 Å². The SMILES string of the molecule is O=[N+]([O-])c1ccc(Br)cc1CNc1cccc(Cl)c1Cl. The molecule has 0 aliphatic heterocycles. The monoisotopic (exact) mass is 374 g/mol. The second-order valence-corrected chi connectivity index (χ2v) is 5.69. The van der Waals surface area contributed by atoms with E-state index in [9.17, 15) is 10.1 Å². The fourth-order valence-corrected chi connectivity index (χ4v) is 2.48. The maximum Gasteiger partial charge on any atom is 0.274 e. The topological polar surface area (TPSA) is 55.2 Å². The number of hydrogen-bond donors (Lipinski definition) is 1. The average molecular weight is 376 g/mol. The second kappa shape index (κ2) is 6.43. The van der Waals surface area contributed by atoms with Gasteiger partial charge < -0.3 is 5.32 Å². The van der Waals surface area contributed by atoms with Crippen LogP contribution in [0.2, 0.25) is 10.0 Å². The Hall–Kier alpha value is -1.30. The molecule has 2 aromatic rings. The Morgan fingerprint density at radius 2 is 2.00 bits per heavy atom. The van der Waals surface area contributed by atoms with Crippen molar-refractivity contribution in [2.24, 2.45) is 0 Å². The van der Waals surface area contributed by atoms with Gasteiger partial charge in [-0.2, -0.15) is 0 Å². The molecule has 0 aliphatic rings. The molecule has 4 nitrogen and oxygen atoms in total. The minimum Gasteiger partial charge on any atom is -0.379 e. The number of benzene rings is 2. The Morgan fingerprint density at radius 3 is 2.70 bits per heavy atom. The van der Waals surface area contributed by atoms with Crippen LogP contribution in [0, 0.1) is 10.1 Å². The van der Waals surface area contributed by atoms with Gasteiger partial charge in [0.15, 0.2) is 0 Å². The van der Waals surface area contributed by atoms with Crippen LogP contribution >= 0.6 is 39.1 Å². The first-order valence-electron chi connectivity index (χ1n) is 5.59. The van der Waals surface area contributed by atoms with Gasteiger partial charge in [0.2, 0.25) is 0 Å². The Balaban J connectivity index is 2.24. The number of halogens is 3. The van der Waals surface area contributed by atoms with Gasteiger partial charge in [-0.3, -0.25) is 10.1 Å². The Bertz CT molecular complexity index is 665. The first-order chi connectivity index (χ1) is 9.49. The summed E-state index contributed by atoms with van der Waals surface area (Å²) in [4.78, 5) is 10.6. The predicted octanol–water partition coefficient (Wildman–Crippen LogP) is 5.28. The van der Waals surface area contributed by atoms with E-state index >= 15 is 0 Å². The number of nitro benzene ring substituents is 1. The van der Waals surface area contributed by atoms with E-state index in [2.05, 4.69) is 21.2 Å². The highest BCUT2D eigenvalue weighted by atomic mass is 79.9. The van der Waals surface area contributed by atoms with Crippen LogP contribution in [0.4, 0.5) is 11.4 Å². The standard InChI is InChI=1S/C13H9BrCl2N2O2/c14-9-4-5-12(18(19)20)8(6-9)7-17-11-3-1-2-10(15)13(11)16/h1-6,17H,7H2. The van der Waals surface area contributed by atoms with Gasteiger partial charge >= 0.3 is 0 Å². The molecule has 20 heavy (non-hydrogen) atoms. The molecule has 0 amide bonds. The van der Waals surface area contributed by atoms with Crippen LogP contribution in [0.5, 0.6) is 0 Å². The fraction of sp³-hybridized carbons (Fsp3) is 0.0769. The van der Waals surface area contributed by atoms with Crippen LogP contribution in [0.25, 0.3) is 0 Å². The molecule has 0 unspecified atom stereocenters. The van der Waals surface area contributed by atoms with Crippen molar-refractivity contribution in [1.82, 2.24) is 0 Å². The van der Waals surface area contributed by atoms with Crippen LogP contribution in [-0.2, 0) is 6.54 Å². The molecule has 0 aromatic heterocycles. The number of hydrogen-bond acceptors (Lipinski definition) is 3. The molecule has 0 fully saturated rings. The van der Waals surface area contributed by atoms with E-state index < -0.39 is 4.92 Å². The molecule has 7 heteroatoms. The number of nitrogens with one attached hydrogen (secondary N) is 1. The van der Waals surface area contributed by atoms with Gasteiger partial charge in [0.25, 0.3) is 5.69 Å². The van der Waals surface area contributed by atoms with Gasteiger partial charge in [0.05, 0.1) is 20.7 Å². The summed E-state index contributed by atoms with van der Waals surface area (Å²) in [6, 6.07) is 9.98. The second-order valence-electron chi connectivity index (χ2n) is 3.99. The smallest absolute Gasteiger partial charge is 0.274 e. The Labute approximate surface area is 134 Å². The third-order valence-corrected chi connectivity index (χ3v) is 3.97. The lowest BCUT2D eigenvalue weighted by Gasteiger charge is -2.10. The quantitative estimate of drug-likeness (QED) is 0.584. The third-order valence-electron chi connectivity index (χ3n) is 2.66. The zero-order valence-corrected chi connectivity index (χ0v) is 13.2. The molecule has 0 spiro atoms. The zero-order valence-electron chi connectivity index (χ0n) is 10.1. The summed E-state index contributed by atoms with van der Waals surface area (Å²) in [5.74, 6) is 0. The summed E-state index contributed by atoms with van der Waals surface area (Å²) in [5, 5.41) is 14.9. The van der Waals surface area contributed by atoms with E-state index in [0.717, 1.165) is 4.47 Å². The first kappa shape index (κ1) is 15.1. The highest BCUT2D eigenvalue weighted by Crippen LogP contribution is 2.31. The largest absolute Gasteiger partial charge is 0.379 e. The van der Waals surface area contributed by atoms with Crippen molar-refractivity contribution >= 4 is 50.5 Å². The molecule has 1 N–H and O–H groups in total. The third kappa shape index (κ3) is 3.42. The number of anilines is 1. The lowest BCUT2D eigenvalue weighted by Crippen LogP contribution is -2.03. The molecule has 0 saturated carbocycles. The zero-order chi connectivity index (χ0) is 14.7. The summed E-state index contributed by atoms with van der Waals surface area (Å²) in [6.07, 6.45) is 0. The maximum atomic E-state index is 11.0. The number of nitrogens with zero attached hydrogens (tertiary/aromatic N) is 1. The molecule has 0 heterocycles. The van der Waals surface area contributed by atoms with Gasteiger partial charge in [-0.1, -0.05) is 45.2 Å². The van der Waals surface area contributed by atoms with E-state index in [4.69, 9.17) is 23.2 Å². The molecule has 0 aliphatic carbocycles. The molecular weight excluding hydrogens is 367 g/mol. The molecule has 0 atom stereocenters. The first-order valence-corrected chi connectivity index (χ1v) is 7.14. The number of rotatable bonds is 4. The van der Waals surface area contributed by atoms with Crippen molar-refractivity contribution in [3.8, 4) is 0 Å². The summed E-state index contributed by atoms with van der Waals surface area (Å²) >= 11 is 15.3. The molecule has 0 radical (unpaired) electrons. The molecule has 0 bridgehead atoms. The van der Waals surface area contributed by atoms with Crippen molar-refractivity contribution in [2.45, 2.75) is 6.54 Å². The van der Waals surface area contributed by atoms with Gasteiger partial charge in [-0.05, 0) is 24.3 Å². The van der Waals surface area contributed by atoms with E-state index in [0.29, 0.717) is 21.3 Å². The van der Waals surface area contributed by atoms with Gasteiger partial charge in [0.1, 0.15) is 0 Å². The molecule has 0 saturated heterocycles. The summed E-state index contributed by atoms with van der Waals surface area (Å²) in [7, 11) is 0. The van der Waals surface area contributed by atoms with Gasteiger partial charge in [-0.15, -0.1) is 0 Å². The van der Waals surface area contributed by atoms with E-state index in [-0.39, 0.29) is 12.2 Å². The van der Waals surface area contributed by atoms with Crippen molar-refractivity contribution < 1.29 is 4.92 Å². The lowest BCUT2D eigenvalue weighted by molar-refractivity contribution is -0.385. The van der Waals surface area contributed by atoms with Crippen LogP contribution < -0.4 is 5.32 Å². The van der Waals surface area contributed by atoms with E-state index in [1.807, 2.05) is 0 Å². The average Bonchev–Trinajstić information content (AvgIpc) is 2.40. The Kier molecular flexibility index (Phi) is 4.86. The van der Waals surface area contributed by atoms with Crippen LogP contribution in [0.3, 0.4) is 0 Å².